The third-order valence-electron chi connectivity index (χ3n) is 2.43. The van der Waals surface area contributed by atoms with Gasteiger partial charge in [-0.3, -0.25) is 5.01 Å². The van der Waals surface area contributed by atoms with E-state index in [1.165, 1.54) is 6.42 Å². The number of hydrogen-bond donors (Lipinski definition) is 1. The van der Waals surface area contributed by atoms with Gasteiger partial charge in [-0.2, -0.15) is 0 Å². The van der Waals surface area contributed by atoms with Crippen LogP contribution in [0.4, 0.5) is 4.79 Å². The van der Waals surface area contributed by atoms with E-state index in [2.05, 4.69) is 0 Å². The molecular weight excluding hydrogens is 202 g/mol. The number of carbonyl (C=O) groups is 1. The number of hydrazine groups is 1. The number of piperidine rings is 1. The molecule has 82 valence electrons. The summed E-state index contributed by atoms with van der Waals surface area (Å²) >= 11 is 5.59. The average Bonchev–Trinajstić information content (AvgIpc) is 2.19. The Morgan fingerprint density at radius 1 is 1.36 bits per heavy atom. The van der Waals surface area contributed by atoms with E-state index < -0.39 is 0 Å². The van der Waals surface area contributed by atoms with Crippen molar-refractivity contribution in [3.63, 3.8) is 0 Å². The number of nitrogens with zero attached hydrogens (tertiary/aromatic N) is 2. The Morgan fingerprint density at radius 3 is 2.50 bits per heavy atom. The molecule has 0 radical (unpaired) electrons. The van der Waals surface area contributed by atoms with Gasteiger partial charge in [-0.05, 0) is 19.3 Å². The third kappa shape index (κ3) is 3.35. The fourth-order valence-electron chi connectivity index (χ4n) is 1.72. The highest BCUT2D eigenvalue weighted by Crippen LogP contribution is 2.11. The van der Waals surface area contributed by atoms with E-state index in [1.807, 2.05) is 5.01 Å². The summed E-state index contributed by atoms with van der Waals surface area (Å²) in [4.78, 5) is 11.2. The molecule has 1 rings (SSSR count). The standard InChI is InChI=1S/C9H18ClN3O/c10-5-4-8-13(9(11)14)12-6-2-1-3-7-12/h1-8H2,(H2,11,14). The first-order valence-electron chi connectivity index (χ1n) is 5.13. The maximum absolute atomic E-state index is 11.2. The van der Waals surface area contributed by atoms with Gasteiger partial charge in [0.15, 0.2) is 0 Å². The van der Waals surface area contributed by atoms with Crippen LogP contribution in [0.5, 0.6) is 0 Å². The first-order valence-corrected chi connectivity index (χ1v) is 5.67. The summed E-state index contributed by atoms with van der Waals surface area (Å²) in [6, 6.07) is -0.364. The number of alkyl halides is 1. The fraction of sp³-hybridized carbons (Fsp3) is 0.889. The third-order valence-corrected chi connectivity index (χ3v) is 2.70. The Balaban J connectivity index is 2.43. The number of nitrogens with two attached hydrogens (primary N) is 1. The number of hydrogen-bond acceptors (Lipinski definition) is 2. The van der Waals surface area contributed by atoms with Crippen molar-refractivity contribution in [2.75, 3.05) is 25.5 Å². The minimum Gasteiger partial charge on any atom is -0.350 e. The van der Waals surface area contributed by atoms with Crippen LogP contribution < -0.4 is 5.73 Å². The summed E-state index contributed by atoms with van der Waals surface area (Å²) in [5, 5.41) is 3.67. The highest BCUT2D eigenvalue weighted by Gasteiger charge is 2.20. The molecule has 1 heterocycles. The van der Waals surface area contributed by atoms with Gasteiger partial charge in [-0.15, -0.1) is 11.6 Å². The van der Waals surface area contributed by atoms with Gasteiger partial charge in [0.2, 0.25) is 0 Å². The number of carbonyl (C=O) groups excluding carboxylic acids is 1. The molecule has 1 aliphatic rings. The molecule has 0 saturated carbocycles. The molecule has 0 spiro atoms. The lowest BCUT2D eigenvalue weighted by molar-refractivity contribution is 0.00214. The Morgan fingerprint density at radius 2 is 2.00 bits per heavy atom. The van der Waals surface area contributed by atoms with Crippen LogP contribution >= 0.6 is 11.6 Å². The summed E-state index contributed by atoms with van der Waals surface area (Å²) in [6.45, 7) is 2.51. The normalized spacial score (nSPS) is 18.1. The van der Waals surface area contributed by atoms with E-state index in [1.54, 1.807) is 5.01 Å². The van der Waals surface area contributed by atoms with E-state index in [9.17, 15) is 4.79 Å². The van der Waals surface area contributed by atoms with E-state index in [4.69, 9.17) is 17.3 Å². The zero-order chi connectivity index (χ0) is 10.4. The van der Waals surface area contributed by atoms with Gasteiger partial charge < -0.3 is 5.73 Å². The molecule has 0 aliphatic carbocycles. The van der Waals surface area contributed by atoms with Crippen LogP contribution in [0, 0.1) is 0 Å². The molecule has 4 nitrogen and oxygen atoms in total. The van der Waals surface area contributed by atoms with Gasteiger partial charge in [0.05, 0.1) is 0 Å². The first kappa shape index (κ1) is 11.6. The van der Waals surface area contributed by atoms with Gasteiger partial charge in [0, 0.05) is 25.5 Å². The quantitative estimate of drug-likeness (QED) is 0.727. The minimum absolute atomic E-state index is 0.364. The minimum atomic E-state index is -0.364. The second-order valence-electron chi connectivity index (χ2n) is 3.52. The summed E-state index contributed by atoms with van der Waals surface area (Å²) < 4.78 is 0. The predicted molar refractivity (Wildman–Crippen MR) is 57.1 cm³/mol. The molecule has 0 atom stereocenters. The fourth-order valence-corrected chi connectivity index (χ4v) is 1.84. The Bertz CT molecular complexity index is 183. The van der Waals surface area contributed by atoms with Crippen molar-refractivity contribution in [2.45, 2.75) is 25.7 Å². The molecule has 1 fully saturated rings. The summed E-state index contributed by atoms with van der Waals surface area (Å²) in [7, 11) is 0. The number of urea groups is 1. The van der Waals surface area contributed by atoms with Gasteiger partial charge in [-0.25, -0.2) is 9.80 Å². The van der Waals surface area contributed by atoms with E-state index >= 15 is 0 Å². The molecule has 2 N–H and O–H groups in total. The van der Waals surface area contributed by atoms with Crippen molar-refractivity contribution in [3.05, 3.63) is 0 Å². The van der Waals surface area contributed by atoms with Gasteiger partial charge in [0.25, 0.3) is 0 Å². The lowest BCUT2D eigenvalue weighted by Crippen LogP contribution is -2.51. The molecule has 14 heavy (non-hydrogen) atoms. The predicted octanol–water partition coefficient (Wildman–Crippen LogP) is 1.40. The van der Waals surface area contributed by atoms with Crippen LogP contribution in [0.15, 0.2) is 0 Å². The van der Waals surface area contributed by atoms with Crippen molar-refractivity contribution in [2.24, 2.45) is 5.73 Å². The molecule has 2 amide bonds. The lowest BCUT2D eigenvalue weighted by atomic mass is 10.2. The summed E-state index contributed by atoms with van der Waals surface area (Å²) in [5.74, 6) is 0.567. The maximum atomic E-state index is 11.2. The van der Waals surface area contributed by atoms with Crippen LogP contribution in [0.25, 0.3) is 0 Å². The first-order chi connectivity index (χ1) is 6.75. The zero-order valence-electron chi connectivity index (χ0n) is 8.41. The summed E-state index contributed by atoms with van der Waals surface area (Å²) in [5.41, 5.74) is 5.31. The molecule has 1 aliphatic heterocycles. The largest absolute Gasteiger partial charge is 0.350 e. The smallest absolute Gasteiger partial charge is 0.329 e. The van der Waals surface area contributed by atoms with Crippen LogP contribution in [-0.2, 0) is 0 Å². The zero-order valence-corrected chi connectivity index (χ0v) is 9.17. The van der Waals surface area contributed by atoms with Gasteiger partial charge >= 0.3 is 6.03 Å². The van der Waals surface area contributed by atoms with Crippen LogP contribution in [-0.4, -0.2) is 41.6 Å². The van der Waals surface area contributed by atoms with Crippen LogP contribution in [0.2, 0.25) is 0 Å². The van der Waals surface area contributed by atoms with Crippen molar-refractivity contribution in [1.29, 1.82) is 0 Å². The SMILES string of the molecule is NC(=O)N(CCCCl)N1CCCCC1. The lowest BCUT2D eigenvalue weighted by Gasteiger charge is -2.36. The molecule has 1 saturated heterocycles. The maximum Gasteiger partial charge on any atom is 0.329 e. The van der Waals surface area contributed by atoms with Crippen molar-refractivity contribution < 1.29 is 4.79 Å². The molecule has 0 aromatic heterocycles. The number of amides is 2. The number of primary amides is 1. The van der Waals surface area contributed by atoms with Gasteiger partial charge in [-0.1, -0.05) is 6.42 Å². The summed E-state index contributed by atoms with van der Waals surface area (Å²) in [6.07, 6.45) is 4.33. The number of halogens is 1. The second kappa shape index (κ2) is 6.09. The molecule has 0 unspecified atom stereocenters. The molecule has 0 bridgehead atoms. The van der Waals surface area contributed by atoms with Gasteiger partial charge in [0.1, 0.15) is 0 Å². The average molecular weight is 220 g/mol. The second-order valence-corrected chi connectivity index (χ2v) is 3.90. The number of rotatable bonds is 4. The van der Waals surface area contributed by atoms with Crippen molar-refractivity contribution in [1.82, 2.24) is 10.0 Å². The molecule has 0 aromatic rings. The van der Waals surface area contributed by atoms with Crippen LogP contribution in [0.1, 0.15) is 25.7 Å². The Hall–Kier alpha value is -0.480. The topological polar surface area (TPSA) is 49.6 Å². The van der Waals surface area contributed by atoms with E-state index in [0.717, 1.165) is 32.4 Å². The highest BCUT2D eigenvalue weighted by atomic mass is 35.5. The molecule has 0 aromatic carbocycles. The van der Waals surface area contributed by atoms with E-state index in [-0.39, 0.29) is 6.03 Å². The van der Waals surface area contributed by atoms with Crippen molar-refractivity contribution >= 4 is 17.6 Å². The molecular formula is C9H18ClN3O. The highest BCUT2D eigenvalue weighted by molar-refractivity contribution is 6.17. The Kier molecular flexibility index (Phi) is 5.04. The van der Waals surface area contributed by atoms with Crippen LogP contribution in [0.3, 0.4) is 0 Å². The van der Waals surface area contributed by atoms with Crippen molar-refractivity contribution in [3.8, 4) is 0 Å². The monoisotopic (exact) mass is 219 g/mol. The van der Waals surface area contributed by atoms with E-state index in [0.29, 0.717) is 12.4 Å². The molecule has 5 heteroatoms. The Labute approximate surface area is 89.9 Å².